The van der Waals surface area contributed by atoms with Gasteiger partial charge in [0.1, 0.15) is 5.69 Å². The third kappa shape index (κ3) is 3.51. The smallest absolute Gasteiger partial charge is 0.292 e. The number of nitrogens with one attached hydrogen (secondary N) is 1. The highest BCUT2D eigenvalue weighted by Crippen LogP contribution is 2.26. The molecule has 104 valence electrons. The summed E-state index contributed by atoms with van der Waals surface area (Å²) in [4.78, 5) is 11.8. The lowest BCUT2D eigenvalue weighted by Crippen LogP contribution is -2.03. The number of anilines is 1. The molecule has 0 amide bonds. The van der Waals surface area contributed by atoms with Gasteiger partial charge in [-0.25, -0.2) is 0 Å². The highest BCUT2D eigenvalue weighted by molar-refractivity contribution is 7.98. The zero-order valence-corrected chi connectivity index (χ0v) is 12.2. The third-order valence-electron chi connectivity index (χ3n) is 2.99. The molecular formula is C15H16N2O2S. The highest BCUT2D eigenvalue weighted by atomic mass is 32.2. The Morgan fingerprint density at radius 3 is 2.50 bits per heavy atom. The molecule has 1 N–H and O–H groups in total. The van der Waals surface area contributed by atoms with Crippen LogP contribution in [0.25, 0.3) is 0 Å². The maximum absolute atomic E-state index is 11.0. The van der Waals surface area contributed by atoms with Gasteiger partial charge in [0.15, 0.2) is 0 Å². The van der Waals surface area contributed by atoms with Gasteiger partial charge in [0.25, 0.3) is 5.69 Å². The molecule has 0 unspecified atom stereocenters. The number of nitrogens with zero attached hydrogens (tertiary/aromatic N) is 1. The van der Waals surface area contributed by atoms with E-state index in [0.29, 0.717) is 12.2 Å². The number of nitro benzene ring substituents is 1. The quantitative estimate of drug-likeness (QED) is 0.508. The Labute approximate surface area is 122 Å². The van der Waals surface area contributed by atoms with E-state index in [0.717, 1.165) is 11.1 Å². The van der Waals surface area contributed by atoms with Crippen molar-refractivity contribution in [2.75, 3.05) is 11.6 Å². The van der Waals surface area contributed by atoms with Gasteiger partial charge in [-0.15, -0.1) is 11.8 Å². The maximum Gasteiger partial charge on any atom is 0.292 e. The summed E-state index contributed by atoms with van der Waals surface area (Å²) in [5, 5.41) is 14.1. The number of aryl methyl sites for hydroxylation is 1. The normalized spacial score (nSPS) is 10.3. The molecular weight excluding hydrogens is 272 g/mol. The van der Waals surface area contributed by atoms with Crippen LogP contribution in [0.5, 0.6) is 0 Å². The van der Waals surface area contributed by atoms with Gasteiger partial charge in [0.05, 0.1) is 4.92 Å². The summed E-state index contributed by atoms with van der Waals surface area (Å²) in [5.41, 5.74) is 2.76. The largest absolute Gasteiger partial charge is 0.375 e. The maximum atomic E-state index is 11.0. The molecule has 4 nitrogen and oxygen atoms in total. The zero-order valence-electron chi connectivity index (χ0n) is 11.4. The van der Waals surface area contributed by atoms with Crippen LogP contribution in [0.2, 0.25) is 0 Å². The molecule has 0 spiro atoms. The van der Waals surface area contributed by atoms with Crippen molar-refractivity contribution >= 4 is 23.1 Å². The lowest BCUT2D eigenvalue weighted by Gasteiger charge is -2.08. The second kappa shape index (κ2) is 6.43. The van der Waals surface area contributed by atoms with Gasteiger partial charge >= 0.3 is 0 Å². The standard InChI is InChI=1S/C15H16N2O2S/c1-11-3-8-15(17(18)19)14(9-11)16-10-12-4-6-13(20-2)7-5-12/h3-9,16H,10H2,1-2H3. The fourth-order valence-corrected chi connectivity index (χ4v) is 2.30. The lowest BCUT2D eigenvalue weighted by molar-refractivity contribution is -0.384. The van der Waals surface area contributed by atoms with Crippen molar-refractivity contribution in [2.24, 2.45) is 0 Å². The first-order chi connectivity index (χ1) is 9.60. The predicted octanol–water partition coefficient (Wildman–Crippen LogP) is 4.24. The van der Waals surface area contributed by atoms with E-state index >= 15 is 0 Å². The van der Waals surface area contributed by atoms with Gasteiger partial charge in [-0.2, -0.15) is 0 Å². The van der Waals surface area contributed by atoms with Gasteiger partial charge in [0, 0.05) is 17.5 Å². The molecule has 20 heavy (non-hydrogen) atoms. The van der Waals surface area contributed by atoms with E-state index in [4.69, 9.17) is 0 Å². The average Bonchev–Trinajstić information content (AvgIpc) is 2.45. The van der Waals surface area contributed by atoms with Gasteiger partial charge in [0.2, 0.25) is 0 Å². The molecule has 0 bridgehead atoms. The van der Waals surface area contributed by atoms with Crippen molar-refractivity contribution < 1.29 is 4.92 Å². The minimum Gasteiger partial charge on any atom is -0.375 e. The second-order valence-corrected chi connectivity index (χ2v) is 5.36. The van der Waals surface area contributed by atoms with E-state index in [1.807, 2.05) is 37.4 Å². The molecule has 0 fully saturated rings. The molecule has 0 saturated carbocycles. The molecule has 0 saturated heterocycles. The molecule has 2 aromatic rings. The lowest BCUT2D eigenvalue weighted by atomic mass is 10.1. The van der Waals surface area contributed by atoms with Gasteiger partial charge in [-0.3, -0.25) is 10.1 Å². The van der Waals surface area contributed by atoms with Crippen LogP contribution >= 0.6 is 11.8 Å². The number of rotatable bonds is 5. The molecule has 0 aromatic heterocycles. The van der Waals surface area contributed by atoms with E-state index in [9.17, 15) is 10.1 Å². The van der Waals surface area contributed by atoms with Gasteiger partial charge in [-0.05, 0) is 42.5 Å². The van der Waals surface area contributed by atoms with Crippen molar-refractivity contribution in [3.8, 4) is 0 Å². The van der Waals surface area contributed by atoms with Crippen molar-refractivity contribution in [1.82, 2.24) is 0 Å². The fraction of sp³-hybridized carbons (Fsp3) is 0.200. The van der Waals surface area contributed by atoms with Crippen LogP contribution in [0, 0.1) is 17.0 Å². The molecule has 0 aliphatic heterocycles. The Kier molecular flexibility index (Phi) is 4.63. The van der Waals surface area contributed by atoms with Crippen molar-refractivity contribution in [3.63, 3.8) is 0 Å². The van der Waals surface area contributed by atoms with Crippen LogP contribution in [-0.4, -0.2) is 11.2 Å². The first kappa shape index (κ1) is 14.4. The topological polar surface area (TPSA) is 55.2 Å². The molecule has 2 aromatic carbocycles. The monoisotopic (exact) mass is 288 g/mol. The van der Waals surface area contributed by atoms with Crippen LogP contribution in [0.15, 0.2) is 47.4 Å². The molecule has 0 atom stereocenters. The number of benzene rings is 2. The van der Waals surface area contributed by atoms with Gasteiger partial charge < -0.3 is 5.32 Å². The molecule has 5 heteroatoms. The summed E-state index contributed by atoms with van der Waals surface area (Å²) in [6.45, 7) is 2.49. The van der Waals surface area contributed by atoms with Gasteiger partial charge in [-0.1, -0.05) is 18.2 Å². The van der Waals surface area contributed by atoms with Crippen molar-refractivity contribution in [3.05, 3.63) is 63.7 Å². The highest BCUT2D eigenvalue weighted by Gasteiger charge is 2.12. The minimum atomic E-state index is -0.363. The van der Waals surface area contributed by atoms with Crippen molar-refractivity contribution in [2.45, 2.75) is 18.4 Å². The van der Waals surface area contributed by atoms with E-state index in [1.165, 1.54) is 11.0 Å². The molecule has 0 radical (unpaired) electrons. The first-order valence-electron chi connectivity index (χ1n) is 6.22. The van der Waals surface area contributed by atoms with Crippen LogP contribution in [0.3, 0.4) is 0 Å². The number of thioether (sulfide) groups is 1. The summed E-state index contributed by atoms with van der Waals surface area (Å²) < 4.78 is 0. The number of hydrogen-bond donors (Lipinski definition) is 1. The summed E-state index contributed by atoms with van der Waals surface area (Å²) >= 11 is 1.69. The Hall–Kier alpha value is -2.01. The summed E-state index contributed by atoms with van der Waals surface area (Å²) in [5.74, 6) is 0. The molecule has 0 heterocycles. The Balaban J connectivity index is 2.13. The number of hydrogen-bond acceptors (Lipinski definition) is 4. The predicted molar refractivity (Wildman–Crippen MR) is 83.4 cm³/mol. The Morgan fingerprint density at radius 2 is 1.90 bits per heavy atom. The summed E-state index contributed by atoms with van der Waals surface area (Å²) in [6.07, 6.45) is 2.03. The first-order valence-corrected chi connectivity index (χ1v) is 7.44. The van der Waals surface area contributed by atoms with E-state index < -0.39 is 0 Å². The molecule has 0 aliphatic carbocycles. The fourth-order valence-electron chi connectivity index (χ4n) is 1.89. The van der Waals surface area contributed by atoms with E-state index in [2.05, 4.69) is 5.32 Å². The van der Waals surface area contributed by atoms with Crippen molar-refractivity contribution in [1.29, 1.82) is 0 Å². The van der Waals surface area contributed by atoms with Crippen LogP contribution in [0.1, 0.15) is 11.1 Å². The molecule has 2 rings (SSSR count). The second-order valence-electron chi connectivity index (χ2n) is 4.48. The third-order valence-corrected chi connectivity index (χ3v) is 3.73. The summed E-state index contributed by atoms with van der Waals surface area (Å²) in [6, 6.07) is 13.2. The zero-order chi connectivity index (χ0) is 14.5. The SMILES string of the molecule is CSc1ccc(CNc2cc(C)ccc2[N+](=O)[O-])cc1. The Morgan fingerprint density at radius 1 is 1.20 bits per heavy atom. The van der Waals surface area contributed by atoms with Crippen LogP contribution < -0.4 is 5.32 Å². The minimum absolute atomic E-state index is 0.108. The van der Waals surface area contributed by atoms with E-state index in [1.54, 1.807) is 23.9 Å². The summed E-state index contributed by atoms with van der Waals surface area (Å²) in [7, 11) is 0. The van der Waals surface area contributed by atoms with Crippen LogP contribution in [0.4, 0.5) is 11.4 Å². The molecule has 0 aliphatic rings. The van der Waals surface area contributed by atoms with Crippen LogP contribution in [-0.2, 0) is 6.54 Å². The number of nitro groups is 1. The van der Waals surface area contributed by atoms with E-state index in [-0.39, 0.29) is 10.6 Å². The Bertz CT molecular complexity index is 612. The average molecular weight is 288 g/mol.